The molecule has 0 aliphatic carbocycles. The van der Waals surface area contributed by atoms with E-state index in [1.54, 1.807) is 55.6 Å². The zero-order valence-corrected chi connectivity index (χ0v) is 20.3. The van der Waals surface area contributed by atoms with Gasteiger partial charge in [-0.25, -0.2) is 4.90 Å². The van der Waals surface area contributed by atoms with E-state index in [1.165, 1.54) is 11.8 Å². The van der Waals surface area contributed by atoms with E-state index in [9.17, 15) is 19.2 Å². The number of imide groups is 1. The quantitative estimate of drug-likeness (QED) is 0.393. The van der Waals surface area contributed by atoms with Crippen molar-refractivity contribution < 1.29 is 23.9 Å². The summed E-state index contributed by atoms with van der Waals surface area (Å²) >= 11 is 0. The molecule has 3 aromatic rings. The van der Waals surface area contributed by atoms with Crippen molar-refractivity contribution >= 4 is 40.8 Å². The summed E-state index contributed by atoms with van der Waals surface area (Å²) in [4.78, 5) is 56.6. The molecule has 0 saturated carbocycles. The largest absolute Gasteiger partial charge is 0.497 e. The molecule has 0 spiro atoms. The van der Waals surface area contributed by atoms with Crippen LogP contribution in [0.2, 0.25) is 0 Å². The first-order chi connectivity index (χ1) is 17.9. The second-order valence-corrected chi connectivity index (χ2v) is 9.52. The highest BCUT2D eigenvalue weighted by Crippen LogP contribution is 2.49. The third-order valence-corrected chi connectivity index (χ3v) is 7.59. The summed E-state index contributed by atoms with van der Waals surface area (Å²) in [6.45, 7) is 1.46. The normalized spacial score (nSPS) is 23.5. The van der Waals surface area contributed by atoms with Crippen LogP contribution in [0.5, 0.6) is 5.75 Å². The van der Waals surface area contributed by atoms with Gasteiger partial charge in [-0.15, -0.1) is 0 Å². The number of methoxy groups -OCH3 is 1. The first-order valence-electron chi connectivity index (χ1n) is 12.1. The molecule has 3 aromatic carbocycles. The maximum absolute atomic E-state index is 14.0. The fourth-order valence-corrected chi connectivity index (χ4v) is 5.84. The molecule has 0 N–H and O–H groups in total. The molecule has 2 saturated heterocycles. The third-order valence-electron chi connectivity index (χ3n) is 7.59. The van der Waals surface area contributed by atoms with Crippen LogP contribution in [0.15, 0.2) is 78.9 Å². The molecule has 2 amide bonds. The standard InChI is InChI=1S/C30H24N2O5/c1-17(33)18-7-12-21(13-8-18)31-29(35)25-24-16-11-19-5-3-4-6-23(19)32(24)27(26(25)30(31)36)28(34)20-9-14-22(37-2)15-10-20/h3-16,24-27H,1-2H3/t24-,25-,26+,27-/m0/s1. The van der Waals surface area contributed by atoms with Gasteiger partial charge in [-0.05, 0) is 67.1 Å². The molecule has 3 aliphatic rings. The van der Waals surface area contributed by atoms with E-state index in [-0.39, 0.29) is 17.5 Å². The Hall–Kier alpha value is -4.52. The number of ether oxygens (including phenoxy) is 1. The predicted molar refractivity (Wildman–Crippen MR) is 139 cm³/mol. The van der Waals surface area contributed by atoms with Crippen LogP contribution in [0.4, 0.5) is 11.4 Å². The van der Waals surface area contributed by atoms with Crippen molar-refractivity contribution in [1.29, 1.82) is 0 Å². The van der Waals surface area contributed by atoms with E-state index in [4.69, 9.17) is 4.74 Å². The average molecular weight is 493 g/mol. The Balaban J connectivity index is 1.45. The highest BCUT2D eigenvalue weighted by molar-refractivity contribution is 6.25. The van der Waals surface area contributed by atoms with Gasteiger partial charge >= 0.3 is 0 Å². The number of hydrogen-bond donors (Lipinski definition) is 0. The van der Waals surface area contributed by atoms with E-state index in [1.807, 2.05) is 41.3 Å². The van der Waals surface area contributed by atoms with Crippen molar-refractivity contribution in [1.82, 2.24) is 0 Å². The minimum atomic E-state index is -0.854. The number of fused-ring (bicyclic) bond motifs is 5. The number of nitrogens with zero attached hydrogens (tertiary/aromatic N) is 2. The van der Waals surface area contributed by atoms with Crippen LogP contribution in [-0.4, -0.2) is 42.6 Å². The molecule has 7 heteroatoms. The van der Waals surface area contributed by atoms with E-state index >= 15 is 0 Å². The zero-order valence-electron chi connectivity index (χ0n) is 20.3. The van der Waals surface area contributed by atoms with E-state index < -0.39 is 29.8 Å². The lowest BCUT2D eigenvalue weighted by molar-refractivity contribution is -0.122. The number of anilines is 2. The van der Waals surface area contributed by atoms with Gasteiger partial charge in [0.05, 0.1) is 30.7 Å². The van der Waals surface area contributed by atoms with Gasteiger partial charge in [0, 0.05) is 16.8 Å². The van der Waals surface area contributed by atoms with E-state index in [2.05, 4.69) is 0 Å². The number of Topliss-reactive ketones (excluding diaryl/α,β-unsaturated/α-hetero) is 2. The Bertz CT molecular complexity index is 1470. The second-order valence-electron chi connectivity index (χ2n) is 9.52. The molecule has 37 heavy (non-hydrogen) atoms. The van der Waals surface area contributed by atoms with Gasteiger partial charge in [0.1, 0.15) is 11.8 Å². The van der Waals surface area contributed by atoms with Gasteiger partial charge in [0.15, 0.2) is 11.6 Å². The summed E-state index contributed by atoms with van der Waals surface area (Å²) in [6.07, 6.45) is 3.88. The number of rotatable bonds is 5. The van der Waals surface area contributed by atoms with Gasteiger partial charge in [-0.1, -0.05) is 30.4 Å². The topological polar surface area (TPSA) is 84.0 Å². The van der Waals surface area contributed by atoms with Crippen molar-refractivity contribution in [3.05, 3.63) is 95.6 Å². The number of carbonyl (C=O) groups is 4. The zero-order chi connectivity index (χ0) is 25.8. The van der Waals surface area contributed by atoms with Crippen LogP contribution in [0.1, 0.15) is 33.2 Å². The van der Waals surface area contributed by atoms with Gasteiger partial charge in [0.25, 0.3) is 0 Å². The van der Waals surface area contributed by atoms with Crippen LogP contribution >= 0.6 is 0 Å². The molecule has 3 heterocycles. The average Bonchev–Trinajstić information content (AvgIpc) is 3.41. The summed E-state index contributed by atoms with van der Waals surface area (Å²) in [5.74, 6) is -2.01. The smallest absolute Gasteiger partial charge is 0.240 e. The van der Waals surface area contributed by atoms with Gasteiger partial charge in [-0.3, -0.25) is 19.2 Å². The fourth-order valence-electron chi connectivity index (χ4n) is 5.84. The van der Waals surface area contributed by atoms with E-state index in [0.29, 0.717) is 22.6 Å². The third kappa shape index (κ3) is 3.42. The molecule has 7 nitrogen and oxygen atoms in total. The molecule has 0 unspecified atom stereocenters. The maximum Gasteiger partial charge on any atom is 0.240 e. The summed E-state index contributed by atoms with van der Waals surface area (Å²) in [6, 6.07) is 19.6. The van der Waals surface area contributed by atoms with Gasteiger partial charge in [-0.2, -0.15) is 0 Å². The number of hydrogen-bond acceptors (Lipinski definition) is 6. The van der Waals surface area contributed by atoms with Crippen LogP contribution < -0.4 is 14.5 Å². The van der Waals surface area contributed by atoms with Crippen LogP contribution in [0.25, 0.3) is 6.08 Å². The fraction of sp³-hybridized carbons (Fsp3) is 0.200. The minimum absolute atomic E-state index is 0.103. The molecule has 6 rings (SSSR count). The van der Waals surface area contributed by atoms with Gasteiger partial charge < -0.3 is 9.64 Å². The maximum atomic E-state index is 14.0. The molecule has 2 fully saturated rings. The molecular weight excluding hydrogens is 468 g/mol. The second kappa shape index (κ2) is 8.55. The summed E-state index contributed by atoms with van der Waals surface area (Å²) in [5, 5.41) is 0. The van der Waals surface area contributed by atoms with Crippen molar-refractivity contribution in [3.8, 4) is 5.75 Å². The first-order valence-corrected chi connectivity index (χ1v) is 12.1. The Labute approximate surface area is 213 Å². The number of para-hydroxylation sites is 1. The molecule has 3 aliphatic heterocycles. The van der Waals surface area contributed by atoms with Crippen LogP contribution in [-0.2, 0) is 9.59 Å². The highest BCUT2D eigenvalue weighted by Gasteiger charge is 2.64. The van der Waals surface area contributed by atoms with Crippen molar-refractivity contribution in [2.75, 3.05) is 16.9 Å². The Morgan fingerprint density at radius 1 is 0.811 bits per heavy atom. The Kier molecular flexibility index (Phi) is 5.30. The lowest BCUT2D eigenvalue weighted by atomic mass is 9.86. The lowest BCUT2D eigenvalue weighted by Gasteiger charge is -2.36. The van der Waals surface area contributed by atoms with Crippen LogP contribution in [0.3, 0.4) is 0 Å². The monoisotopic (exact) mass is 492 g/mol. The SMILES string of the molecule is COc1ccc(C(=O)[C@@H]2[C@@H]3C(=O)N(c4ccc(C(C)=O)cc4)C(=O)[C@H]3[C@@H]3C=Cc4ccccc4N23)cc1. The molecule has 4 atom stereocenters. The summed E-state index contributed by atoms with van der Waals surface area (Å²) < 4.78 is 5.24. The van der Waals surface area contributed by atoms with Crippen molar-refractivity contribution in [2.24, 2.45) is 11.8 Å². The highest BCUT2D eigenvalue weighted by atomic mass is 16.5. The number of benzene rings is 3. The van der Waals surface area contributed by atoms with Crippen LogP contribution in [0, 0.1) is 11.8 Å². The molecule has 184 valence electrons. The van der Waals surface area contributed by atoms with Crippen molar-refractivity contribution in [3.63, 3.8) is 0 Å². The lowest BCUT2D eigenvalue weighted by Crippen LogP contribution is -2.48. The van der Waals surface area contributed by atoms with Gasteiger partial charge in [0.2, 0.25) is 11.8 Å². The van der Waals surface area contributed by atoms with E-state index in [0.717, 1.165) is 11.3 Å². The first kappa shape index (κ1) is 22.9. The molecule has 0 bridgehead atoms. The number of carbonyl (C=O) groups excluding carboxylic acids is 4. The molecule has 0 aromatic heterocycles. The number of ketones is 2. The summed E-state index contributed by atoms with van der Waals surface area (Å²) in [7, 11) is 1.56. The molecular formula is C30H24N2O5. The Morgan fingerprint density at radius 2 is 1.46 bits per heavy atom. The molecule has 0 radical (unpaired) electrons. The Morgan fingerprint density at radius 3 is 2.14 bits per heavy atom. The summed E-state index contributed by atoms with van der Waals surface area (Å²) in [5.41, 5.74) is 3.10. The number of amides is 2. The minimum Gasteiger partial charge on any atom is -0.497 e. The predicted octanol–water partition coefficient (Wildman–Crippen LogP) is 4.17. The van der Waals surface area contributed by atoms with Crippen molar-refractivity contribution in [2.45, 2.75) is 19.0 Å².